The van der Waals surface area contributed by atoms with Gasteiger partial charge in [-0.25, -0.2) is 0 Å². The molecular weight excluding hydrogens is 274 g/mol. The fourth-order valence-corrected chi connectivity index (χ4v) is 2.33. The molecule has 0 saturated carbocycles. The Morgan fingerprint density at radius 3 is 2.67 bits per heavy atom. The molecule has 2 amide bonds. The highest BCUT2D eigenvalue weighted by atomic mass is 16.7. The molecule has 1 fully saturated rings. The van der Waals surface area contributed by atoms with E-state index < -0.39 is 6.29 Å². The molecule has 1 N–H and O–H groups in total. The SMILES string of the molecule is COC(CNC(=O)C1CC(=O)N(CCCN(C)C)C1)OC. The van der Waals surface area contributed by atoms with Gasteiger partial charge in [0.1, 0.15) is 0 Å². The maximum absolute atomic E-state index is 12.0. The quantitative estimate of drug-likeness (QED) is 0.583. The molecule has 1 heterocycles. The summed E-state index contributed by atoms with van der Waals surface area (Å²) in [6.45, 7) is 2.43. The molecule has 0 aromatic carbocycles. The number of carbonyl (C=O) groups is 2. The van der Waals surface area contributed by atoms with E-state index in [2.05, 4.69) is 10.2 Å². The van der Waals surface area contributed by atoms with Crippen LogP contribution in [0.5, 0.6) is 0 Å². The van der Waals surface area contributed by atoms with E-state index >= 15 is 0 Å². The minimum absolute atomic E-state index is 0.0592. The first kappa shape index (κ1) is 17.9. The van der Waals surface area contributed by atoms with E-state index in [0.29, 0.717) is 19.5 Å². The van der Waals surface area contributed by atoms with Crippen LogP contribution < -0.4 is 5.32 Å². The zero-order chi connectivity index (χ0) is 15.8. The number of likely N-dealkylation sites (tertiary alicyclic amines) is 1. The highest BCUT2D eigenvalue weighted by Gasteiger charge is 2.33. The first-order valence-electron chi connectivity index (χ1n) is 7.23. The minimum atomic E-state index is -0.456. The predicted octanol–water partition coefficient (Wildman–Crippen LogP) is -0.478. The molecule has 0 aliphatic carbocycles. The molecule has 1 aliphatic rings. The normalized spacial score (nSPS) is 18.9. The highest BCUT2D eigenvalue weighted by molar-refractivity contribution is 5.89. The summed E-state index contributed by atoms with van der Waals surface area (Å²) in [5, 5.41) is 2.77. The summed E-state index contributed by atoms with van der Waals surface area (Å²) in [6.07, 6.45) is 0.753. The summed E-state index contributed by atoms with van der Waals surface area (Å²) in [6, 6.07) is 0. The molecule has 1 saturated heterocycles. The van der Waals surface area contributed by atoms with Crippen LogP contribution in [0.3, 0.4) is 0 Å². The van der Waals surface area contributed by atoms with Crippen molar-refractivity contribution in [3.05, 3.63) is 0 Å². The molecule has 21 heavy (non-hydrogen) atoms. The number of rotatable bonds is 9. The summed E-state index contributed by atoms with van der Waals surface area (Å²) in [5.41, 5.74) is 0. The Balaban J connectivity index is 2.34. The molecule has 7 nitrogen and oxygen atoms in total. The van der Waals surface area contributed by atoms with Crippen LogP contribution in [0.25, 0.3) is 0 Å². The van der Waals surface area contributed by atoms with E-state index in [9.17, 15) is 9.59 Å². The fourth-order valence-electron chi connectivity index (χ4n) is 2.33. The van der Waals surface area contributed by atoms with Crippen molar-refractivity contribution in [1.29, 1.82) is 0 Å². The molecule has 0 aromatic heterocycles. The molecular formula is C14H27N3O4. The maximum atomic E-state index is 12.0. The van der Waals surface area contributed by atoms with E-state index in [-0.39, 0.29) is 24.3 Å². The number of hydrogen-bond acceptors (Lipinski definition) is 5. The largest absolute Gasteiger partial charge is 0.354 e. The summed E-state index contributed by atoms with van der Waals surface area (Å²) in [7, 11) is 7.05. The maximum Gasteiger partial charge on any atom is 0.225 e. The average molecular weight is 301 g/mol. The molecule has 0 aromatic rings. The van der Waals surface area contributed by atoms with Gasteiger partial charge in [-0.3, -0.25) is 9.59 Å². The summed E-state index contributed by atoms with van der Waals surface area (Å²) < 4.78 is 10.0. The van der Waals surface area contributed by atoms with Crippen LogP contribution in [-0.2, 0) is 19.1 Å². The average Bonchev–Trinajstić information content (AvgIpc) is 2.81. The lowest BCUT2D eigenvalue weighted by atomic mass is 10.1. The zero-order valence-electron chi connectivity index (χ0n) is 13.4. The van der Waals surface area contributed by atoms with Gasteiger partial charge in [0.25, 0.3) is 0 Å². The third kappa shape index (κ3) is 5.99. The fraction of sp³-hybridized carbons (Fsp3) is 0.857. The lowest BCUT2D eigenvalue weighted by molar-refractivity contribution is -0.131. The smallest absolute Gasteiger partial charge is 0.225 e. The van der Waals surface area contributed by atoms with Crippen molar-refractivity contribution < 1.29 is 19.1 Å². The Labute approximate surface area is 126 Å². The van der Waals surface area contributed by atoms with E-state index in [0.717, 1.165) is 13.0 Å². The minimum Gasteiger partial charge on any atom is -0.354 e. The third-order valence-electron chi connectivity index (χ3n) is 3.59. The molecule has 1 atom stereocenters. The van der Waals surface area contributed by atoms with Crippen LogP contribution in [0, 0.1) is 5.92 Å². The molecule has 1 rings (SSSR count). The van der Waals surface area contributed by atoms with Crippen LogP contribution in [0.1, 0.15) is 12.8 Å². The number of hydrogen-bond donors (Lipinski definition) is 1. The van der Waals surface area contributed by atoms with Gasteiger partial charge in [-0.1, -0.05) is 0 Å². The van der Waals surface area contributed by atoms with Gasteiger partial charge in [-0.2, -0.15) is 0 Å². The van der Waals surface area contributed by atoms with E-state index in [1.807, 2.05) is 14.1 Å². The second kappa shape index (κ2) is 8.96. The zero-order valence-corrected chi connectivity index (χ0v) is 13.4. The summed E-state index contributed by atoms with van der Waals surface area (Å²) in [4.78, 5) is 27.8. The molecule has 1 aliphatic heterocycles. The standard InChI is InChI=1S/C14H27N3O4/c1-16(2)6-5-7-17-10-11(8-12(17)18)14(19)15-9-13(20-3)21-4/h11,13H,5-10H2,1-4H3,(H,15,19). The van der Waals surface area contributed by atoms with Crippen LogP contribution in [0.15, 0.2) is 0 Å². The van der Waals surface area contributed by atoms with Gasteiger partial charge in [-0.05, 0) is 27.1 Å². The number of amides is 2. The van der Waals surface area contributed by atoms with Crippen molar-refractivity contribution >= 4 is 11.8 Å². The number of nitrogens with one attached hydrogen (secondary N) is 1. The van der Waals surface area contributed by atoms with Crippen molar-refractivity contribution in [2.24, 2.45) is 5.92 Å². The first-order chi connectivity index (χ1) is 9.97. The molecule has 0 radical (unpaired) electrons. The van der Waals surface area contributed by atoms with Gasteiger partial charge >= 0.3 is 0 Å². The van der Waals surface area contributed by atoms with Crippen LogP contribution in [0.4, 0.5) is 0 Å². The number of nitrogens with zero attached hydrogens (tertiary/aromatic N) is 2. The third-order valence-corrected chi connectivity index (χ3v) is 3.59. The van der Waals surface area contributed by atoms with E-state index in [4.69, 9.17) is 9.47 Å². The lowest BCUT2D eigenvalue weighted by Gasteiger charge is -2.18. The summed E-state index contributed by atoms with van der Waals surface area (Å²) in [5.74, 6) is -0.326. The first-order valence-corrected chi connectivity index (χ1v) is 7.23. The Kier molecular flexibility index (Phi) is 7.63. The Morgan fingerprint density at radius 2 is 2.10 bits per heavy atom. The molecule has 0 spiro atoms. The molecule has 122 valence electrons. The molecule has 7 heteroatoms. The van der Waals surface area contributed by atoms with E-state index in [1.165, 1.54) is 14.2 Å². The van der Waals surface area contributed by atoms with Gasteiger partial charge in [-0.15, -0.1) is 0 Å². The number of methoxy groups -OCH3 is 2. The van der Waals surface area contributed by atoms with Crippen LogP contribution in [0.2, 0.25) is 0 Å². The lowest BCUT2D eigenvalue weighted by Crippen LogP contribution is -2.38. The predicted molar refractivity (Wildman–Crippen MR) is 78.7 cm³/mol. The van der Waals surface area contributed by atoms with Crippen LogP contribution >= 0.6 is 0 Å². The van der Waals surface area contributed by atoms with Gasteiger partial charge in [0.05, 0.1) is 12.5 Å². The number of carbonyl (C=O) groups excluding carboxylic acids is 2. The Bertz CT molecular complexity index is 345. The van der Waals surface area contributed by atoms with Gasteiger partial charge in [0.2, 0.25) is 11.8 Å². The molecule has 1 unspecified atom stereocenters. The number of ether oxygens (including phenoxy) is 2. The molecule has 0 bridgehead atoms. The van der Waals surface area contributed by atoms with Gasteiger partial charge < -0.3 is 24.6 Å². The second-order valence-electron chi connectivity index (χ2n) is 5.54. The van der Waals surface area contributed by atoms with Crippen molar-refractivity contribution in [2.45, 2.75) is 19.1 Å². The Hall–Kier alpha value is -1.18. The topological polar surface area (TPSA) is 71.1 Å². The summed E-state index contributed by atoms with van der Waals surface area (Å²) >= 11 is 0. The second-order valence-corrected chi connectivity index (χ2v) is 5.54. The monoisotopic (exact) mass is 301 g/mol. The highest BCUT2D eigenvalue weighted by Crippen LogP contribution is 2.18. The van der Waals surface area contributed by atoms with Crippen molar-refractivity contribution in [1.82, 2.24) is 15.1 Å². The Morgan fingerprint density at radius 1 is 1.43 bits per heavy atom. The van der Waals surface area contributed by atoms with Crippen molar-refractivity contribution in [3.8, 4) is 0 Å². The van der Waals surface area contributed by atoms with Crippen LogP contribution in [-0.4, -0.2) is 82.4 Å². The van der Waals surface area contributed by atoms with E-state index in [1.54, 1.807) is 4.90 Å². The van der Waals surface area contributed by atoms with Gasteiger partial charge in [0, 0.05) is 33.7 Å². The van der Waals surface area contributed by atoms with Crippen molar-refractivity contribution in [2.75, 3.05) is 54.5 Å². The van der Waals surface area contributed by atoms with Gasteiger partial charge in [0.15, 0.2) is 6.29 Å². The van der Waals surface area contributed by atoms with Crippen molar-refractivity contribution in [3.63, 3.8) is 0 Å².